The zero-order valence-electron chi connectivity index (χ0n) is 18.7. The van der Waals surface area contributed by atoms with Gasteiger partial charge in [-0.2, -0.15) is 0 Å². The number of amides is 1. The monoisotopic (exact) mass is 484 g/mol. The molecule has 0 saturated carbocycles. The first-order valence-electron chi connectivity index (χ1n) is 10.7. The van der Waals surface area contributed by atoms with E-state index in [0.717, 1.165) is 23.4 Å². The lowest BCUT2D eigenvalue weighted by atomic mass is 10.1. The number of methoxy groups -OCH3 is 1. The van der Waals surface area contributed by atoms with Crippen molar-refractivity contribution >= 4 is 44.2 Å². The second-order valence-corrected chi connectivity index (χ2v) is 8.73. The highest BCUT2D eigenvalue weighted by atomic mass is 35.5. The number of aromatic nitrogens is 2. The number of anilines is 1. The molecule has 0 atom stereocenters. The van der Waals surface area contributed by atoms with Gasteiger partial charge in [0.2, 0.25) is 0 Å². The van der Waals surface area contributed by atoms with Crippen LogP contribution in [0.15, 0.2) is 53.1 Å². The molecule has 0 bridgehead atoms. The van der Waals surface area contributed by atoms with Crippen LogP contribution in [-0.2, 0) is 0 Å². The van der Waals surface area contributed by atoms with Gasteiger partial charge in [0.1, 0.15) is 11.3 Å². The van der Waals surface area contributed by atoms with Crippen LogP contribution in [0.5, 0.6) is 5.75 Å². The minimum absolute atomic E-state index is 0.228. The Bertz CT molecular complexity index is 1240. The molecule has 1 amide bonds. The maximum atomic E-state index is 13.6. The summed E-state index contributed by atoms with van der Waals surface area (Å²) >= 11 is 7.78. The van der Waals surface area contributed by atoms with E-state index in [-0.39, 0.29) is 11.6 Å². The molecule has 0 saturated heterocycles. The topological polar surface area (TPSA) is 71.7 Å². The average molecular weight is 485 g/mol. The Morgan fingerprint density at radius 2 is 1.88 bits per heavy atom. The van der Waals surface area contributed by atoms with Gasteiger partial charge in [-0.1, -0.05) is 72.3 Å². The maximum absolute atomic E-state index is 13.6. The smallest absolute Gasteiger partial charge is 0.282 e. The number of nitrogens with zero attached hydrogens (tertiary/aromatic N) is 4. The van der Waals surface area contributed by atoms with Crippen molar-refractivity contribution < 1.29 is 14.1 Å². The number of hydrogen-bond acceptors (Lipinski definition) is 7. The molecule has 9 heteroatoms. The maximum Gasteiger partial charge on any atom is 0.282 e. The standard InChI is InChI=1S/C24H25ClN4O3S/c1-4-28(5-2)13-14-29(24-26-21-19(31-3)12-11-17(25)22(21)33-24)23(30)18-15-20(32-27-18)16-9-7-6-8-10-16/h6-12,15H,4-5,13-14H2,1-3H3. The van der Waals surface area contributed by atoms with Gasteiger partial charge in [0.25, 0.3) is 5.91 Å². The Hall–Kier alpha value is -2.94. The lowest BCUT2D eigenvalue weighted by Gasteiger charge is -2.24. The first-order chi connectivity index (χ1) is 16.0. The highest BCUT2D eigenvalue weighted by Crippen LogP contribution is 2.39. The molecule has 0 fully saturated rings. The van der Waals surface area contributed by atoms with E-state index in [1.807, 2.05) is 30.3 Å². The number of halogens is 1. The predicted molar refractivity (Wildman–Crippen MR) is 133 cm³/mol. The van der Waals surface area contributed by atoms with E-state index < -0.39 is 0 Å². The summed E-state index contributed by atoms with van der Waals surface area (Å²) in [5, 5.41) is 5.17. The molecule has 4 aromatic rings. The van der Waals surface area contributed by atoms with Gasteiger partial charge in [-0.05, 0) is 25.2 Å². The number of hydrogen-bond donors (Lipinski definition) is 0. The fourth-order valence-electron chi connectivity index (χ4n) is 3.54. The Kier molecular flexibility index (Phi) is 7.27. The Balaban J connectivity index is 1.71. The van der Waals surface area contributed by atoms with Crippen LogP contribution in [-0.4, -0.2) is 54.2 Å². The first-order valence-corrected chi connectivity index (χ1v) is 11.9. The SMILES string of the molecule is CCN(CC)CCN(C(=O)c1cc(-c2ccccc2)on1)c1nc2c(OC)ccc(Cl)c2s1. The van der Waals surface area contributed by atoms with Crippen LogP contribution in [0.4, 0.5) is 5.13 Å². The van der Waals surface area contributed by atoms with Crippen molar-refractivity contribution in [2.75, 3.05) is 38.2 Å². The van der Waals surface area contributed by atoms with Crippen molar-refractivity contribution in [3.63, 3.8) is 0 Å². The van der Waals surface area contributed by atoms with Gasteiger partial charge in [-0.3, -0.25) is 9.69 Å². The Morgan fingerprint density at radius 3 is 2.58 bits per heavy atom. The molecule has 0 spiro atoms. The van der Waals surface area contributed by atoms with Gasteiger partial charge in [-0.15, -0.1) is 0 Å². The van der Waals surface area contributed by atoms with Gasteiger partial charge in [0.05, 0.1) is 16.8 Å². The predicted octanol–water partition coefficient (Wildman–Crippen LogP) is 5.60. The van der Waals surface area contributed by atoms with E-state index >= 15 is 0 Å². The fourth-order valence-corrected chi connectivity index (χ4v) is 4.82. The molecule has 0 N–H and O–H groups in total. The third kappa shape index (κ3) is 4.88. The minimum Gasteiger partial charge on any atom is -0.494 e. The highest BCUT2D eigenvalue weighted by molar-refractivity contribution is 7.23. The van der Waals surface area contributed by atoms with Crippen molar-refractivity contribution in [3.05, 3.63) is 59.2 Å². The van der Waals surface area contributed by atoms with E-state index in [1.54, 1.807) is 30.2 Å². The summed E-state index contributed by atoms with van der Waals surface area (Å²) < 4.78 is 11.7. The lowest BCUT2D eigenvalue weighted by Crippen LogP contribution is -2.39. The van der Waals surface area contributed by atoms with E-state index in [1.165, 1.54) is 11.3 Å². The molecule has 0 unspecified atom stereocenters. The van der Waals surface area contributed by atoms with Gasteiger partial charge in [-0.25, -0.2) is 4.98 Å². The molecule has 33 heavy (non-hydrogen) atoms. The van der Waals surface area contributed by atoms with Crippen molar-refractivity contribution in [2.24, 2.45) is 0 Å². The van der Waals surface area contributed by atoms with E-state index in [0.29, 0.717) is 40.3 Å². The molecule has 0 aliphatic carbocycles. The summed E-state index contributed by atoms with van der Waals surface area (Å²) in [6.07, 6.45) is 0. The largest absolute Gasteiger partial charge is 0.494 e. The van der Waals surface area contributed by atoms with Crippen molar-refractivity contribution in [3.8, 4) is 17.1 Å². The van der Waals surface area contributed by atoms with Gasteiger partial charge < -0.3 is 14.2 Å². The fraction of sp³-hybridized carbons (Fsp3) is 0.292. The first kappa shape index (κ1) is 23.2. The summed E-state index contributed by atoms with van der Waals surface area (Å²) in [5.41, 5.74) is 1.72. The lowest BCUT2D eigenvalue weighted by molar-refractivity contribution is 0.0975. The molecule has 2 aromatic carbocycles. The van der Waals surface area contributed by atoms with Crippen molar-refractivity contribution in [1.82, 2.24) is 15.0 Å². The normalized spacial score (nSPS) is 11.3. The van der Waals surface area contributed by atoms with Gasteiger partial charge in [0, 0.05) is 24.7 Å². The molecule has 7 nitrogen and oxygen atoms in total. The van der Waals surface area contributed by atoms with Crippen LogP contribution >= 0.6 is 22.9 Å². The number of carbonyl (C=O) groups excluding carboxylic acids is 1. The second-order valence-electron chi connectivity index (χ2n) is 7.35. The number of fused-ring (bicyclic) bond motifs is 1. The number of ether oxygens (including phenoxy) is 1. The Labute approximate surface area is 201 Å². The van der Waals surface area contributed by atoms with E-state index in [2.05, 4.69) is 23.9 Å². The summed E-state index contributed by atoms with van der Waals surface area (Å²) in [6.45, 7) is 7.13. The zero-order valence-corrected chi connectivity index (χ0v) is 20.3. The van der Waals surface area contributed by atoms with Crippen LogP contribution < -0.4 is 9.64 Å². The summed E-state index contributed by atoms with van der Waals surface area (Å²) in [4.78, 5) is 22.2. The average Bonchev–Trinajstić information content (AvgIpc) is 3.51. The third-order valence-corrected chi connectivity index (χ3v) is 7.00. The zero-order chi connectivity index (χ0) is 23.4. The van der Waals surface area contributed by atoms with Gasteiger partial charge in [0.15, 0.2) is 16.6 Å². The second kappa shape index (κ2) is 10.3. The number of likely N-dealkylation sites (N-methyl/N-ethyl adjacent to an activating group) is 1. The number of rotatable bonds is 9. The van der Waals surface area contributed by atoms with Crippen LogP contribution in [0.25, 0.3) is 21.5 Å². The Morgan fingerprint density at radius 1 is 1.12 bits per heavy atom. The van der Waals surface area contributed by atoms with E-state index in [9.17, 15) is 4.79 Å². The molecule has 2 aromatic heterocycles. The minimum atomic E-state index is -0.276. The summed E-state index contributed by atoms with van der Waals surface area (Å²) in [5.74, 6) is 0.875. The summed E-state index contributed by atoms with van der Waals surface area (Å²) in [7, 11) is 1.59. The number of thiazole rings is 1. The van der Waals surface area contributed by atoms with Crippen LogP contribution in [0.3, 0.4) is 0 Å². The molecule has 0 radical (unpaired) electrons. The molecule has 0 aliphatic heterocycles. The van der Waals surface area contributed by atoms with Crippen LogP contribution in [0.2, 0.25) is 5.02 Å². The van der Waals surface area contributed by atoms with Crippen LogP contribution in [0.1, 0.15) is 24.3 Å². The van der Waals surface area contributed by atoms with Crippen LogP contribution in [0, 0.1) is 0 Å². The summed E-state index contributed by atoms with van der Waals surface area (Å²) in [6, 6.07) is 14.8. The third-order valence-electron chi connectivity index (χ3n) is 5.47. The van der Waals surface area contributed by atoms with Gasteiger partial charge >= 0.3 is 0 Å². The van der Waals surface area contributed by atoms with Crippen molar-refractivity contribution in [2.45, 2.75) is 13.8 Å². The highest BCUT2D eigenvalue weighted by Gasteiger charge is 2.26. The molecule has 2 heterocycles. The van der Waals surface area contributed by atoms with E-state index in [4.69, 9.17) is 25.8 Å². The molecule has 0 aliphatic rings. The number of benzene rings is 2. The molecule has 4 rings (SSSR count). The molecule has 172 valence electrons. The van der Waals surface area contributed by atoms with Crippen molar-refractivity contribution in [1.29, 1.82) is 0 Å². The molecular weight excluding hydrogens is 460 g/mol. The molecular formula is C24H25ClN4O3S. The number of carbonyl (C=O) groups is 1. The quantitative estimate of drug-likeness (QED) is 0.308.